The molecule has 0 atom stereocenters. The highest BCUT2D eigenvalue weighted by atomic mass is 16.7. The Morgan fingerprint density at radius 1 is 0.590 bits per heavy atom. The molecule has 188 valence electrons. The molecular weight excluding hydrogens is 481 g/mol. The van der Waals surface area contributed by atoms with E-state index in [4.69, 9.17) is 13.7 Å². The number of fused-ring (bicyclic) bond motifs is 11. The number of hydrogen-bond donors (Lipinski definition) is 0. The van der Waals surface area contributed by atoms with Crippen molar-refractivity contribution in [1.29, 1.82) is 0 Å². The molecule has 0 bridgehead atoms. The minimum atomic E-state index is -0.421. The van der Waals surface area contributed by atoms with Crippen LogP contribution < -0.4 is 5.46 Å². The van der Waals surface area contributed by atoms with Crippen LogP contribution >= 0.6 is 0 Å². The second kappa shape index (κ2) is 6.92. The monoisotopic (exact) mass is 507 g/mol. The number of benzene rings is 5. The fourth-order valence-electron chi connectivity index (χ4n) is 6.66. The first-order chi connectivity index (χ1) is 18.8. The predicted octanol–water partition coefficient (Wildman–Crippen LogP) is 8.19. The van der Waals surface area contributed by atoms with Crippen molar-refractivity contribution in [3.05, 3.63) is 84.9 Å². The molecule has 1 fully saturated rings. The first kappa shape index (κ1) is 21.8. The van der Waals surface area contributed by atoms with Crippen LogP contribution in [-0.4, -0.2) is 22.7 Å². The van der Waals surface area contributed by atoms with Gasteiger partial charge < -0.3 is 18.1 Å². The van der Waals surface area contributed by atoms with Crippen LogP contribution in [0, 0.1) is 0 Å². The highest BCUT2D eigenvalue weighted by Gasteiger charge is 2.51. The van der Waals surface area contributed by atoms with Crippen molar-refractivity contribution >= 4 is 83.4 Å². The van der Waals surface area contributed by atoms with E-state index in [1.54, 1.807) is 0 Å². The van der Waals surface area contributed by atoms with Gasteiger partial charge in [0.15, 0.2) is 0 Å². The van der Waals surface area contributed by atoms with Crippen molar-refractivity contribution in [3.8, 4) is 0 Å². The second-order valence-electron chi connectivity index (χ2n) is 12.0. The van der Waals surface area contributed by atoms with Gasteiger partial charge in [0.1, 0.15) is 11.2 Å². The first-order valence-corrected chi connectivity index (χ1v) is 13.6. The number of rotatable bonds is 1. The minimum Gasteiger partial charge on any atom is -0.456 e. The lowest BCUT2D eigenvalue weighted by Crippen LogP contribution is -2.41. The smallest absolute Gasteiger partial charge is 0.456 e. The van der Waals surface area contributed by atoms with Crippen molar-refractivity contribution in [1.82, 2.24) is 4.40 Å². The molecule has 0 aliphatic carbocycles. The lowest BCUT2D eigenvalue weighted by atomic mass is 9.79. The van der Waals surface area contributed by atoms with Gasteiger partial charge in [-0.3, -0.25) is 0 Å². The SMILES string of the molecule is CC1(C)OB(c2ccc3c(c2)oc2ccc4cc5c6cccc7c8ccccc8n(c5cc4c23)c76)OC1(C)C. The molecule has 1 saturated heterocycles. The highest BCUT2D eigenvalue weighted by molar-refractivity contribution is 6.62. The van der Waals surface area contributed by atoms with E-state index in [9.17, 15) is 0 Å². The summed E-state index contributed by atoms with van der Waals surface area (Å²) in [6.07, 6.45) is 0. The zero-order valence-corrected chi connectivity index (χ0v) is 22.3. The molecule has 0 N–H and O–H groups in total. The van der Waals surface area contributed by atoms with Gasteiger partial charge in [-0.1, -0.05) is 54.6 Å². The molecule has 39 heavy (non-hydrogen) atoms. The Kier molecular flexibility index (Phi) is 3.88. The fraction of sp³-hybridized carbons (Fsp3) is 0.176. The molecule has 4 nitrogen and oxygen atoms in total. The molecule has 8 aromatic rings. The van der Waals surface area contributed by atoms with Crippen LogP contribution in [-0.2, 0) is 9.31 Å². The lowest BCUT2D eigenvalue weighted by Gasteiger charge is -2.32. The average Bonchev–Trinajstić information content (AvgIpc) is 3.62. The first-order valence-electron chi connectivity index (χ1n) is 13.6. The Balaban J connectivity index is 1.32. The van der Waals surface area contributed by atoms with Crippen molar-refractivity contribution in [2.45, 2.75) is 38.9 Å². The second-order valence-corrected chi connectivity index (χ2v) is 12.0. The molecule has 0 unspecified atom stereocenters. The molecule has 0 spiro atoms. The number of furan rings is 1. The molecule has 5 aromatic carbocycles. The molecule has 1 aliphatic heterocycles. The van der Waals surface area contributed by atoms with E-state index in [1.165, 1.54) is 48.9 Å². The number of nitrogens with zero attached hydrogens (tertiary/aromatic N) is 1. The highest BCUT2D eigenvalue weighted by Crippen LogP contribution is 2.43. The van der Waals surface area contributed by atoms with Crippen LogP contribution in [0.5, 0.6) is 0 Å². The Hall–Kier alpha value is -4.06. The standard InChI is InChI=1S/C34H26BNO3/c1-33(2)34(3,4)39-35(38-33)20-13-14-24-30(17-20)37-29-15-12-19-16-26-23-10-7-9-22-21-8-5-6-11-27(21)36(32(22)23)28(26)18-25(19)31(24)29/h5-18H,1-4H3. The normalized spacial score (nSPS) is 17.4. The molecule has 0 radical (unpaired) electrons. The maximum atomic E-state index is 6.44. The maximum absolute atomic E-state index is 6.44. The summed E-state index contributed by atoms with van der Waals surface area (Å²) in [5.41, 5.74) is 5.71. The molecule has 0 saturated carbocycles. The van der Waals surface area contributed by atoms with Crippen LogP contribution in [0.4, 0.5) is 0 Å². The van der Waals surface area contributed by atoms with Gasteiger partial charge in [0, 0.05) is 32.3 Å². The van der Waals surface area contributed by atoms with Gasteiger partial charge in [-0.15, -0.1) is 0 Å². The zero-order valence-electron chi connectivity index (χ0n) is 22.3. The summed E-state index contributed by atoms with van der Waals surface area (Å²) < 4.78 is 21.5. The third kappa shape index (κ3) is 2.67. The summed E-state index contributed by atoms with van der Waals surface area (Å²) in [6, 6.07) is 30.7. The average molecular weight is 507 g/mol. The van der Waals surface area contributed by atoms with Crippen molar-refractivity contribution < 1.29 is 13.7 Å². The Morgan fingerprint density at radius 2 is 1.33 bits per heavy atom. The number of para-hydroxylation sites is 2. The zero-order chi connectivity index (χ0) is 26.3. The third-order valence-electron chi connectivity index (χ3n) is 9.34. The molecular formula is C34H26BNO3. The van der Waals surface area contributed by atoms with E-state index < -0.39 is 7.12 Å². The van der Waals surface area contributed by atoms with Gasteiger partial charge in [0.25, 0.3) is 0 Å². The lowest BCUT2D eigenvalue weighted by molar-refractivity contribution is 0.00578. The Labute approximate surface area is 225 Å². The van der Waals surface area contributed by atoms with E-state index in [-0.39, 0.29) is 11.2 Å². The van der Waals surface area contributed by atoms with Crippen LogP contribution in [0.15, 0.2) is 89.3 Å². The summed E-state index contributed by atoms with van der Waals surface area (Å²) in [5, 5.41) is 9.84. The summed E-state index contributed by atoms with van der Waals surface area (Å²) in [6.45, 7) is 8.32. The predicted molar refractivity (Wildman–Crippen MR) is 162 cm³/mol. The summed E-state index contributed by atoms with van der Waals surface area (Å²) in [7, 11) is -0.421. The number of hydrogen-bond acceptors (Lipinski definition) is 3. The van der Waals surface area contributed by atoms with Gasteiger partial charge in [-0.25, -0.2) is 0 Å². The molecule has 5 heteroatoms. The van der Waals surface area contributed by atoms with Gasteiger partial charge in [0.2, 0.25) is 0 Å². The van der Waals surface area contributed by atoms with Crippen LogP contribution in [0.1, 0.15) is 27.7 Å². The van der Waals surface area contributed by atoms with Crippen molar-refractivity contribution in [3.63, 3.8) is 0 Å². The maximum Gasteiger partial charge on any atom is 0.494 e. The van der Waals surface area contributed by atoms with E-state index in [0.29, 0.717) is 0 Å². The summed E-state index contributed by atoms with van der Waals surface area (Å²) in [4.78, 5) is 0. The van der Waals surface area contributed by atoms with E-state index >= 15 is 0 Å². The third-order valence-corrected chi connectivity index (χ3v) is 9.34. The molecule has 0 amide bonds. The van der Waals surface area contributed by atoms with E-state index in [1.807, 2.05) is 0 Å². The van der Waals surface area contributed by atoms with Crippen LogP contribution in [0.25, 0.3) is 70.8 Å². The van der Waals surface area contributed by atoms with E-state index in [0.717, 1.165) is 27.4 Å². The van der Waals surface area contributed by atoms with Gasteiger partial charge >= 0.3 is 7.12 Å². The Morgan fingerprint density at radius 3 is 2.15 bits per heavy atom. The topological polar surface area (TPSA) is 36.0 Å². The molecule has 9 rings (SSSR count). The largest absolute Gasteiger partial charge is 0.494 e. The van der Waals surface area contributed by atoms with Gasteiger partial charge in [0.05, 0.1) is 27.8 Å². The fourth-order valence-corrected chi connectivity index (χ4v) is 6.66. The van der Waals surface area contributed by atoms with Gasteiger partial charge in [-0.2, -0.15) is 0 Å². The molecule has 3 aromatic heterocycles. The molecule has 1 aliphatic rings. The summed E-state index contributed by atoms with van der Waals surface area (Å²) >= 11 is 0. The quantitative estimate of drug-likeness (QED) is 0.210. The minimum absolute atomic E-state index is 0.386. The van der Waals surface area contributed by atoms with Crippen LogP contribution in [0.3, 0.4) is 0 Å². The summed E-state index contributed by atoms with van der Waals surface area (Å²) in [5.74, 6) is 0. The van der Waals surface area contributed by atoms with Crippen LogP contribution in [0.2, 0.25) is 0 Å². The Bertz CT molecular complexity index is 2290. The van der Waals surface area contributed by atoms with Crippen molar-refractivity contribution in [2.24, 2.45) is 0 Å². The molecule has 4 heterocycles. The van der Waals surface area contributed by atoms with Gasteiger partial charge in [-0.05, 0) is 74.3 Å². The van der Waals surface area contributed by atoms with E-state index in [2.05, 4.69) is 117 Å². The number of aromatic nitrogens is 1. The van der Waals surface area contributed by atoms with Crippen molar-refractivity contribution in [2.75, 3.05) is 0 Å².